The lowest BCUT2D eigenvalue weighted by Gasteiger charge is -2.18. The van der Waals surface area contributed by atoms with Gasteiger partial charge in [-0.3, -0.25) is 0 Å². The minimum atomic E-state index is 0.311. The van der Waals surface area contributed by atoms with E-state index in [-0.39, 0.29) is 0 Å². The molecule has 330 valence electrons. The lowest BCUT2D eigenvalue weighted by Crippen LogP contribution is -2.09. The maximum absolute atomic E-state index is 6.03. The molecule has 60 heavy (non-hydrogen) atoms. The summed E-state index contributed by atoms with van der Waals surface area (Å²) < 4.78 is 1.15. The monoisotopic (exact) mass is 895 g/mol. The second kappa shape index (κ2) is 25.1. The quantitative estimate of drug-likeness (QED) is 0.165. The molecule has 0 radical (unpaired) electrons. The minimum absolute atomic E-state index is 0.311. The second-order valence-corrected chi connectivity index (χ2v) is 24.2. The predicted molar refractivity (Wildman–Crippen MR) is 275 cm³/mol. The third kappa shape index (κ3) is 30.0. The Morgan fingerprint density at radius 3 is 1.02 bits per heavy atom. The molecular formula is C58H84BrCl. The molecule has 5 aromatic carbocycles. The van der Waals surface area contributed by atoms with Crippen molar-refractivity contribution in [3.8, 4) is 0 Å². The Bertz CT molecular complexity index is 1760. The fraction of sp³-hybridized carbons (Fsp3) is 0.483. The normalized spacial score (nSPS) is 11.7. The van der Waals surface area contributed by atoms with Gasteiger partial charge >= 0.3 is 0 Å². The second-order valence-electron chi connectivity index (χ2n) is 22.9. The van der Waals surface area contributed by atoms with Crippen LogP contribution < -0.4 is 0 Å². The van der Waals surface area contributed by atoms with Crippen molar-refractivity contribution in [1.29, 1.82) is 0 Å². The predicted octanol–water partition coefficient (Wildman–Crippen LogP) is 18.7. The van der Waals surface area contributed by atoms with Gasteiger partial charge in [-0.05, 0) is 126 Å². The summed E-state index contributed by atoms with van der Waals surface area (Å²) in [6, 6.07) is 43.0. The zero-order valence-electron chi connectivity index (χ0n) is 41.3. The number of aryl methyl sites for hydroxylation is 3. The standard InChI is InChI=1S/3C12H18.C11H15Br.C11H15Cl/c2*1-10-5-7-11(8-6-10)9-12(2,3)4;1-10-6-5-7-11(8-10)9-12(2,3)4;1-11(2,3)8-9-4-6-10(12)7-5-9;1-11(2,3)8-9-6-4-5-7-10(9)12/h3*5-8H,9H2,1-4H3;2*4-7H,8H2,1-3H3. The van der Waals surface area contributed by atoms with Crippen LogP contribution in [0.25, 0.3) is 0 Å². The molecule has 0 aliphatic rings. The highest BCUT2D eigenvalue weighted by Gasteiger charge is 2.14. The minimum Gasteiger partial charge on any atom is -0.0840 e. The van der Waals surface area contributed by atoms with Crippen molar-refractivity contribution in [1.82, 2.24) is 0 Å². The largest absolute Gasteiger partial charge is 0.0840 e. The first-order valence-electron chi connectivity index (χ1n) is 22.0. The lowest BCUT2D eigenvalue weighted by molar-refractivity contribution is 0.411. The van der Waals surface area contributed by atoms with E-state index in [0.29, 0.717) is 27.1 Å². The number of halogens is 2. The van der Waals surface area contributed by atoms with Gasteiger partial charge in [-0.25, -0.2) is 0 Å². The van der Waals surface area contributed by atoms with Gasteiger partial charge in [0.05, 0.1) is 0 Å². The van der Waals surface area contributed by atoms with Crippen molar-refractivity contribution in [2.24, 2.45) is 27.1 Å². The first kappa shape index (κ1) is 54.9. The Balaban J connectivity index is 0.000000375. The SMILES string of the molecule is CC(C)(C)Cc1ccc(Br)cc1.CC(C)(C)Cc1ccccc1Cl.Cc1ccc(CC(C)(C)C)cc1.Cc1ccc(CC(C)(C)C)cc1.Cc1cccc(CC(C)(C)C)c1. The molecule has 0 nitrogen and oxygen atoms in total. The Hall–Kier alpha value is -3.13. The van der Waals surface area contributed by atoms with Crippen molar-refractivity contribution in [2.45, 2.75) is 157 Å². The number of benzene rings is 5. The van der Waals surface area contributed by atoms with Gasteiger partial charge in [-0.2, -0.15) is 0 Å². The summed E-state index contributed by atoms with van der Waals surface area (Å²) >= 11 is 9.46. The van der Waals surface area contributed by atoms with Gasteiger partial charge in [0.2, 0.25) is 0 Å². The van der Waals surface area contributed by atoms with E-state index in [1.165, 1.54) is 44.5 Å². The topological polar surface area (TPSA) is 0 Å². The Morgan fingerprint density at radius 1 is 0.350 bits per heavy atom. The van der Waals surface area contributed by atoms with Crippen LogP contribution in [-0.4, -0.2) is 0 Å². The summed E-state index contributed by atoms with van der Waals surface area (Å²) in [7, 11) is 0. The highest BCUT2D eigenvalue weighted by atomic mass is 79.9. The first-order valence-corrected chi connectivity index (χ1v) is 23.2. The molecule has 0 aliphatic carbocycles. The van der Waals surface area contributed by atoms with Gasteiger partial charge in [0, 0.05) is 9.50 Å². The summed E-state index contributed by atoms with van der Waals surface area (Å²) in [5, 5.41) is 0.882. The molecule has 0 saturated carbocycles. The van der Waals surface area contributed by atoms with Crippen molar-refractivity contribution < 1.29 is 0 Å². The van der Waals surface area contributed by atoms with E-state index in [9.17, 15) is 0 Å². The van der Waals surface area contributed by atoms with Crippen LogP contribution in [0.4, 0.5) is 0 Å². The fourth-order valence-corrected chi connectivity index (χ4v) is 6.97. The van der Waals surface area contributed by atoms with Crippen molar-refractivity contribution >= 4 is 27.5 Å². The molecular weight excluding hydrogens is 812 g/mol. The molecule has 0 amide bonds. The van der Waals surface area contributed by atoms with Crippen LogP contribution in [-0.2, 0) is 32.1 Å². The molecule has 5 aromatic rings. The number of hydrogen-bond donors (Lipinski definition) is 0. The molecule has 0 aromatic heterocycles. The maximum atomic E-state index is 6.03. The molecule has 0 N–H and O–H groups in total. The average molecular weight is 897 g/mol. The molecule has 0 heterocycles. The molecule has 0 spiro atoms. The van der Waals surface area contributed by atoms with Gasteiger partial charge in [0.1, 0.15) is 0 Å². The van der Waals surface area contributed by atoms with E-state index in [1.807, 2.05) is 18.2 Å². The highest BCUT2D eigenvalue weighted by molar-refractivity contribution is 9.10. The average Bonchev–Trinajstić information content (AvgIpc) is 3.07. The van der Waals surface area contributed by atoms with Crippen LogP contribution in [0.5, 0.6) is 0 Å². The summed E-state index contributed by atoms with van der Waals surface area (Å²) in [5.74, 6) is 0. The Labute approximate surface area is 384 Å². The smallest absolute Gasteiger partial charge is 0.0438 e. The molecule has 0 unspecified atom stereocenters. The fourth-order valence-electron chi connectivity index (χ4n) is 6.50. The van der Waals surface area contributed by atoms with Crippen molar-refractivity contribution in [3.63, 3.8) is 0 Å². The van der Waals surface area contributed by atoms with Crippen LogP contribution in [0.15, 0.2) is 126 Å². The first-order chi connectivity index (χ1) is 27.4. The molecule has 5 rings (SSSR count). The summed E-state index contributed by atoms with van der Waals surface area (Å²) in [6.45, 7) is 40.3. The molecule has 0 atom stereocenters. The van der Waals surface area contributed by atoms with E-state index < -0.39 is 0 Å². The summed E-state index contributed by atoms with van der Waals surface area (Å²) in [6.07, 6.45) is 5.65. The van der Waals surface area contributed by atoms with E-state index >= 15 is 0 Å². The molecule has 0 saturated heterocycles. The van der Waals surface area contributed by atoms with E-state index in [4.69, 9.17) is 11.6 Å². The van der Waals surface area contributed by atoms with Crippen LogP contribution in [0.2, 0.25) is 5.02 Å². The zero-order chi connectivity index (χ0) is 46.0. The number of rotatable bonds is 5. The highest BCUT2D eigenvalue weighted by Crippen LogP contribution is 2.26. The zero-order valence-corrected chi connectivity index (χ0v) is 43.7. The molecule has 0 fully saturated rings. The van der Waals surface area contributed by atoms with Crippen molar-refractivity contribution in [2.75, 3.05) is 0 Å². The van der Waals surface area contributed by atoms with Gasteiger partial charge in [0.25, 0.3) is 0 Å². The van der Waals surface area contributed by atoms with Gasteiger partial charge in [0.15, 0.2) is 0 Å². The third-order valence-electron chi connectivity index (χ3n) is 8.85. The van der Waals surface area contributed by atoms with Crippen LogP contribution >= 0.6 is 27.5 Å². The van der Waals surface area contributed by atoms with E-state index in [2.05, 4.69) is 244 Å². The summed E-state index contributed by atoms with van der Waals surface area (Å²) in [5.41, 5.74) is 12.9. The molecule has 0 bridgehead atoms. The summed E-state index contributed by atoms with van der Waals surface area (Å²) in [4.78, 5) is 0. The maximum Gasteiger partial charge on any atom is 0.0438 e. The van der Waals surface area contributed by atoms with Crippen molar-refractivity contribution in [3.05, 3.63) is 175 Å². The van der Waals surface area contributed by atoms with Gasteiger partial charge < -0.3 is 0 Å². The lowest BCUT2D eigenvalue weighted by atomic mass is 9.88. The molecule has 0 aliphatic heterocycles. The van der Waals surface area contributed by atoms with Crippen LogP contribution in [0.1, 0.15) is 148 Å². The Kier molecular flexibility index (Phi) is 23.0. The molecule has 2 heteroatoms. The third-order valence-corrected chi connectivity index (χ3v) is 9.75. The van der Waals surface area contributed by atoms with E-state index in [1.54, 1.807) is 0 Å². The van der Waals surface area contributed by atoms with Gasteiger partial charge in [-0.15, -0.1) is 0 Å². The van der Waals surface area contributed by atoms with Crippen LogP contribution in [0, 0.1) is 47.8 Å². The number of hydrogen-bond acceptors (Lipinski definition) is 0. The van der Waals surface area contributed by atoms with Gasteiger partial charge in [-0.1, -0.05) is 251 Å². The Morgan fingerprint density at radius 2 is 0.683 bits per heavy atom. The van der Waals surface area contributed by atoms with Crippen LogP contribution in [0.3, 0.4) is 0 Å². The van der Waals surface area contributed by atoms with E-state index in [0.717, 1.165) is 41.6 Å².